The number of benzene rings is 1. The van der Waals surface area contributed by atoms with E-state index in [1.807, 2.05) is 46.8 Å². The van der Waals surface area contributed by atoms with Gasteiger partial charge in [0.25, 0.3) is 0 Å². The van der Waals surface area contributed by atoms with Crippen molar-refractivity contribution in [3.63, 3.8) is 0 Å². The largest absolute Gasteiger partial charge is 0.325 e. The molecule has 1 heterocycles. The van der Waals surface area contributed by atoms with Gasteiger partial charge in [-0.25, -0.2) is 0 Å². The Morgan fingerprint density at radius 1 is 1.25 bits per heavy atom. The highest BCUT2D eigenvalue weighted by Crippen LogP contribution is 2.24. The van der Waals surface area contributed by atoms with Crippen LogP contribution in [0.4, 0.5) is 5.69 Å². The molecule has 4 heteroatoms. The Morgan fingerprint density at radius 2 is 1.95 bits per heavy atom. The molecule has 0 aliphatic heterocycles. The van der Waals surface area contributed by atoms with Crippen molar-refractivity contribution in [2.45, 2.75) is 40.5 Å². The summed E-state index contributed by atoms with van der Waals surface area (Å²) in [5.74, 6) is -0.237. The number of carbonyl (C=O) groups is 1. The molecule has 1 aromatic heterocycles. The van der Waals surface area contributed by atoms with Gasteiger partial charge >= 0.3 is 0 Å². The molecule has 1 atom stereocenters. The molecule has 2 N–H and O–H groups in total. The normalized spacial score (nSPS) is 12.2. The number of carbonyl (C=O) groups excluding carboxylic acids is 1. The van der Waals surface area contributed by atoms with Crippen LogP contribution < -0.4 is 5.32 Å². The van der Waals surface area contributed by atoms with Gasteiger partial charge in [-0.3, -0.25) is 9.89 Å². The summed E-state index contributed by atoms with van der Waals surface area (Å²) in [6, 6.07) is 6.01. The van der Waals surface area contributed by atoms with E-state index < -0.39 is 0 Å². The Hall–Kier alpha value is -2.10. The van der Waals surface area contributed by atoms with Crippen molar-refractivity contribution < 1.29 is 4.79 Å². The van der Waals surface area contributed by atoms with Gasteiger partial charge in [0.05, 0.1) is 11.6 Å². The number of amides is 1. The molecule has 0 saturated carbocycles. The first kappa shape index (κ1) is 14.3. The van der Waals surface area contributed by atoms with E-state index in [0.717, 1.165) is 28.2 Å². The number of hydrogen-bond acceptors (Lipinski definition) is 2. The van der Waals surface area contributed by atoms with Gasteiger partial charge < -0.3 is 5.32 Å². The maximum Gasteiger partial charge on any atom is 0.231 e. The van der Waals surface area contributed by atoms with Crippen LogP contribution in [0, 0.1) is 27.7 Å². The SMILES string of the molecule is Cc1ccc(NC(=O)[C@H](C)c2c(C)n[nH]c2C)c(C)c1. The minimum Gasteiger partial charge on any atom is -0.325 e. The van der Waals surface area contributed by atoms with Crippen LogP contribution >= 0.6 is 0 Å². The summed E-state index contributed by atoms with van der Waals surface area (Å²) in [6.45, 7) is 9.81. The zero-order valence-electron chi connectivity index (χ0n) is 12.7. The standard InChI is InChI=1S/C16H21N3O/c1-9-6-7-14(10(2)8-9)17-16(20)11(3)15-12(4)18-19-13(15)5/h6-8,11H,1-5H3,(H,17,20)(H,18,19)/t11-/m1/s1. The fraction of sp³-hybridized carbons (Fsp3) is 0.375. The van der Waals surface area contributed by atoms with Gasteiger partial charge in [-0.15, -0.1) is 0 Å². The summed E-state index contributed by atoms with van der Waals surface area (Å²) >= 11 is 0. The monoisotopic (exact) mass is 271 g/mol. The maximum atomic E-state index is 12.4. The summed E-state index contributed by atoms with van der Waals surface area (Å²) in [7, 11) is 0. The maximum absolute atomic E-state index is 12.4. The lowest BCUT2D eigenvalue weighted by Crippen LogP contribution is -2.20. The van der Waals surface area contributed by atoms with E-state index in [1.165, 1.54) is 5.56 Å². The third-order valence-electron chi connectivity index (χ3n) is 3.65. The lowest BCUT2D eigenvalue weighted by molar-refractivity contribution is -0.117. The fourth-order valence-electron chi connectivity index (χ4n) is 2.52. The first-order chi connectivity index (χ1) is 9.40. The average Bonchev–Trinajstić information content (AvgIpc) is 2.71. The zero-order valence-corrected chi connectivity index (χ0v) is 12.7. The highest BCUT2D eigenvalue weighted by molar-refractivity contribution is 5.96. The predicted molar refractivity (Wildman–Crippen MR) is 81.0 cm³/mol. The molecule has 0 bridgehead atoms. The molecule has 0 aliphatic carbocycles. The number of aryl methyl sites for hydroxylation is 4. The lowest BCUT2D eigenvalue weighted by atomic mass is 9.98. The molecular weight excluding hydrogens is 250 g/mol. The number of nitrogens with zero attached hydrogens (tertiary/aromatic N) is 1. The van der Waals surface area contributed by atoms with Gasteiger partial charge in [-0.05, 0) is 46.2 Å². The molecule has 0 aliphatic rings. The second-order valence-electron chi connectivity index (χ2n) is 5.38. The number of aromatic nitrogens is 2. The van der Waals surface area contributed by atoms with Crippen molar-refractivity contribution in [1.82, 2.24) is 10.2 Å². The van der Waals surface area contributed by atoms with Crippen molar-refractivity contribution in [2.75, 3.05) is 5.32 Å². The van der Waals surface area contributed by atoms with E-state index in [-0.39, 0.29) is 11.8 Å². The summed E-state index contributed by atoms with van der Waals surface area (Å²) < 4.78 is 0. The third-order valence-corrected chi connectivity index (χ3v) is 3.65. The summed E-state index contributed by atoms with van der Waals surface area (Å²) in [5.41, 5.74) is 5.94. The van der Waals surface area contributed by atoms with Crippen molar-refractivity contribution in [3.8, 4) is 0 Å². The Bertz CT molecular complexity index is 624. The van der Waals surface area contributed by atoms with Crippen molar-refractivity contribution in [2.24, 2.45) is 0 Å². The molecular formula is C16H21N3O. The molecule has 0 saturated heterocycles. The average molecular weight is 271 g/mol. The van der Waals surface area contributed by atoms with Crippen LogP contribution in [-0.2, 0) is 4.79 Å². The number of anilines is 1. The summed E-state index contributed by atoms with van der Waals surface area (Å²) in [5, 5.41) is 10.1. The Morgan fingerprint density at radius 3 is 2.50 bits per heavy atom. The molecule has 2 rings (SSSR count). The Labute approximate surface area is 119 Å². The van der Waals surface area contributed by atoms with Crippen molar-refractivity contribution in [3.05, 3.63) is 46.3 Å². The van der Waals surface area contributed by atoms with Gasteiger partial charge in [0.15, 0.2) is 0 Å². The van der Waals surface area contributed by atoms with Gasteiger partial charge in [-0.2, -0.15) is 5.10 Å². The Kier molecular flexibility index (Phi) is 3.93. The van der Waals surface area contributed by atoms with Gasteiger partial charge in [0, 0.05) is 16.9 Å². The molecule has 0 unspecified atom stereocenters. The van der Waals surface area contributed by atoms with Crippen LogP contribution in [-0.4, -0.2) is 16.1 Å². The van der Waals surface area contributed by atoms with Crippen LogP contribution in [0.15, 0.2) is 18.2 Å². The smallest absolute Gasteiger partial charge is 0.231 e. The highest BCUT2D eigenvalue weighted by atomic mass is 16.1. The van der Waals surface area contributed by atoms with Gasteiger partial charge in [-0.1, -0.05) is 17.7 Å². The summed E-state index contributed by atoms with van der Waals surface area (Å²) in [6.07, 6.45) is 0. The molecule has 20 heavy (non-hydrogen) atoms. The molecule has 2 aromatic rings. The number of nitrogens with one attached hydrogen (secondary N) is 2. The predicted octanol–water partition coefficient (Wildman–Crippen LogP) is 3.39. The minimum atomic E-state index is -0.227. The quantitative estimate of drug-likeness (QED) is 0.899. The van der Waals surface area contributed by atoms with Crippen LogP contribution in [0.25, 0.3) is 0 Å². The number of rotatable bonds is 3. The van der Waals surface area contributed by atoms with E-state index in [0.29, 0.717) is 0 Å². The second-order valence-corrected chi connectivity index (χ2v) is 5.38. The van der Waals surface area contributed by atoms with Crippen LogP contribution in [0.3, 0.4) is 0 Å². The first-order valence-electron chi connectivity index (χ1n) is 6.79. The summed E-state index contributed by atoms with van der Waals surface area (Å²) in [4.78, 5) is 12.4. The van der Waals surface area contributed by atoms with Crippen molar-refractivity contribution >= 4 is 11.6 Å². The van der Waals surface area contributed by atoms with Gasteiger partial charge in [0.1, 0.15) is 0 Å². The molecule has 4 nitrogen and oxygen atoms in total. The fourth-order valence-corrected chi connectivity index (χ4v) is 2.52. The Balaban J connectivity index is 2.20. The molecule has 1 amide bonds. The third kappa shape index (κ3) is 2.74. The van der Waals surface area contributed by atoms with E-state index in [4.69, 9.17) is 0 Å². The minimum absolute atomic E-state index is 0.00967. The van der Waals surface area contributed by atoms with Crippen LogP contribution in [0.2, 0.25) is 0 Å². The molecule has 0 spiro atoms. The van der Waals surface area contributed by atoms with E-state index in [9.17, 15) is 4.79 Å². The highest BCUT2D eigenvalue weighted by Gasteiger charge is 2.21. The topological polar surface area (TPSA) is 57.8 Å². The van der Waals surface area contributed by atoms with Crippen LogP contribution in [0.5, 0.6) is 0 Å². The number of aromatic amines is 1. The van der Waals surface area contributed by atoms with E-state index >= 15 is 0 Å². The molecule has 0 radical (unpaired) electrons. The van der Waals surface area contributed by atoms with Crippen LogP contribution in [0.1, 0.15) is 40.9 Å². The van der Waals surface area contributed by atoms with E-state index in [2.05, 4.69) is 21.6 Å². The lowest BCUT2D eigenvalue weighted by Gasteiger charge is -2.14. The number of hydrogen-bond donors (Lipinski definition) is 2. The van der Waals surface area contributed by atoms with E-state index in [1.54, 1.807) is 0 Å². The van der Waals surface area contributed by atoms with Crippen molar-refractivity contribution in [1.29, 1.82) is 0 Å². The molecule has 0 fully saturated rings. The zero-order chi connectivity index (χ0) is 14.9. The molecule has 1 aromatic carbocycles. The molecule has 106 valence electrons. The first-order valence-corrected chi connectivity index (χ1v) is 6.79. The van der Waals surface area contributed by atoms with Gasteiger partial charge in [0.2, 0.25) is 5.91 Å². The second kappa shape index (κ2) is 5.49. The number of H-pyrrole nitrogens is 1.